The average Bonchev–Trinajstić information content (AvgIpc) is 2.58. The molecule has 1 rings (SSSR count). The van der Waals surface area contributed by atoms with Crippen LogP contribution in [0.3, 0.4) is 0 Å². The van der Waals surface area contributed by atoms with Crippen LogP contribution in [0.15, 0.2) is 10.7 Å². The smallest absolute Gasteiger partial charge is 0.0635 e. The third-order valence-corrected chi connectivity index (χ3v) is 3.66. The Morgan fingerprint density at radius 3 is 2.53 bits per heavy atom. The zero-order valence-electron chi connectivity index (χ0n) is 11.5. The van der Waals surface area contributed by atoms with Gasteiger partial charge in [-0.05, 0) is 29.3 Å². The van der Waals surface area contributed by atoms with Gasteiger partial charge in [0.1, 0.15) is 0 Å². The van der Waals surface area contributed by atoms with Gasteiger partial charge in [0.05, 0.1) is 16.4 Å². The van der Waals surface area contributed by atoms with Crippen LogP contribution in [0.2, 0.25) is 0 Å². The molecule has 0 spiro atoms. The van der Waals surface area contributed by atoms with Crippen LogP contribution in [0.5, 0.6) is 0 Å². The molecular formula is C13H24BrN3. The quantitative estimate of drug-likeness (QED) is 0.871. The molecular weight excluding hydrogens is 278 g/mol. The first-order chi connectivity index (χ1) is 7.97. The van der Waals surface area contributed by atoms with E-state index in [0.717, 1.165) is 17.4 Å². The third kappa shape index (κ3) is 3.81. The predicted octanol–water partition coefficient (Wildman–Crippen LogP) is 3.55. The molecule has 2 unspecified atom stereocenters. The lowest BCUT2D eigenvalue weighted by Gasteiger charge is -2.24. The van der Waals surface area contributed by atoms with Gasteiger partial charge in [-0.25, -0.2) is 0 Å². The summed E-state index contributed by atoms with van der Waals surface area (Å²) in [4.78, 5) is 0. The summed E-state index contributed by atoms with van der Waals surface area (Å²) >= 11 is 3.61. The Labute approximate surface area is 113 Å². The van der Waals surface area contributed by atoms with Crippen molar-refractivity contribution >= 4 is 15.9 Å². The molecule has 0 bridgehead atoms. The van der Waals surface area contributed by atoms with E-state index in [0.29, 0.717) is 18.0 Å². The maximum atomic E-state index is 4.43. The van der Waals surface area contributed by atoms with Crippen molar-refractivity contribution in [3.63, 3.8) is 0 Å². The summed E-state index contributed by atoms with van der Waals surface area (Å²) in [5, 5.41) is 8.00. The van der Waals surface area contributed by atoms with Gasteiger partial charge in [-0.3, -0.25) is 4.68 Å². The van der Waals surface area contributed by atoms with Gasteiger partial charge in [0.2, 0.25) is 0 Å². The first-order valence-corrected chi connectivity index (χ1v) is 7.23. The number of halogens is 1. The molecule has 0 saturated carbocycles. The van der Waals surface area contributed by atoms with Crippen molar-refractivity contribution in [2.24, 2.45) is 0 Å². The van der Waals surface area contributed by atoms with Gasteiger partial charge in [0, 0.05) is 24.5 Å². The Bertz CT molecular complexity index is 346. The lowest BCUT2D eigenvalue weighted by Crippen LogP contribution is -2.36. The first kappa shape index (κ1) is 14.7. The van der Waals surface area contributed by atoms with E-state index in [1.807, 2.05) is 6.20 Å². The molecule has 0 aliphatic heterocycles. The van der Waals surface area contributed by atoms with Crippen LogP contribution in [-0.4, -0.2) is 21.9 Å². The molecule has 0 radical (unpaired) electrons. The van der Waals surface area contributed by atoms with Crippen molar-refractivity contribution in [1.29, 1.82) is 0 Å². The molecule has 0 aromatic carbocycles. The van der Waals surface area contributed by atoms with E-state index in [1.54, 1.807) is 0 Å². The second-order valence-electron chi connectivity index (χ2n) is 5.00. The Hall–Kier alpha value is -0.350. The zero-order chi connectivity index (χ0) is 13.0. The van der Waals surface area contributed by atoms with Gasteiger partial charge in [-0.2, -0.15) is 5.10 Å². The summed E-state index contributed by atoms with van der Waals surface area (Å²) in [6.07, 6.45) is 3.02. The van der Waals surface area contributed by atoms with Crippen LogP contribution < -0.4 is 5.32 Å². The molecule has 1 aromatic rings. The molecule has 1 N–H and O–H groups in total. The maximum absolute atomic E-state index is 4.43. The van der Waals surface area contributed by atoms with Crippen LogP contribution in [-0.2, 0) is 6.54 Å². The van der Waals surface area contributed by atoms with E-state index >= 15 is 0 Å². The van der Waals surface area contributed by atoms with E-state index in [2.05, 4.69) is 65.6 Å². The highest BCUT2D eigenvalue weighted by molar-refractivity contribution is 9.10. The number of nitrogens with zero attached hydrogens (tertiary/aromatic N) is 2. The highest BCUT2D eigenvalue weighted by atomic mass is 79.9. The predicted molar refractivity (Wildman–Crippen MR) is 76.4 cm³/mol. The standard InChI is InChI=1S/C13H24BrN3/c1-6-7-17-13(12(14)8-15-17)10(4)11(5)16-9(2)3/h8-11,16H,6-7H2,1-5H3. The minimum atomic E-state index is 0.443. The molecule has 3 nitrogen and oxygen atoms in total. The first-order valence-electron chi connectivity index (χ1n) is 6.44. The van der Waals surface area contributed by atoms with Crippen molar-refractivity contribution in [3.8, 4) is 0 Å². The van der Waals surface area contributed by atoms with Crippen molar-refractivity contribution in [2.45, 2.75) is 65.6 Å². The number of hydrogen-bond acceptors (Lipinski definition) is 2. The minimum absolute atomic E-state index is 0.443. The molecule has 1 aromatic heterocycles. The van der Waals surface area contributed by atoms with E-state index in [1.165, 1.54) is 5.69 Å². The van der Waals surface area contributed by atoms with Crippen LogP contribution in [0, 0.1) is 0 Å². The van der Waals surface area contributed by atoms with Gasteiger partial charge in [-0.1, -0.05) is 27.7 Å². The fraction of sp³-hybridized carbons (Fsp3) is 0.769. The second-order valence-corrected chi connectivity index (χ2v) is 5.85. The average molecular weight is 302 g/mol. The second kappa shape index (κ2) is 6.55. The van der Waals surface area contributed by atoms with Gasteiger partial charge in [-0.15, -0.1) is 0 Å². The molecule has 0 fully saturated rings. The summed E-state index contributed by atoms with van der Waals surface area (Å²) in [5.74, 6) is 0.445. The molecule has 0 aliphatic rings. The SMILES string of the molecule is CCCn1ncc(Br)c1C(C)C(C)NC(C)C. The highest BCUT2D eigenvalue weighted by Gasteiger charge is 2.21. The zero-order valence-corrected chi connectivity index (χ0v) is 13.1. The van der Waals surface area contributed by atoms with Crippen LogP contribution in [0.4, 0.5) is 0 Å². The third-order valence-electron chi connectivity index (χ3n) is 3.05. The van der Waals surface area contributed by atoms with Crippen molar-refractivity contribution in [2.75, 3.05) is 0 Å². The largest absolute Gasteiger partial charge is 0.311 e. The minimum Gasteiger partial charge on any atom is -0.311 e. The number of aryl methyl sites for hydroxylation is 1. The molecule has 98 valence electrons. The molecule has 17 heavy (non-hydrogen) atoms. The molecule has 4 heteroatoms. The van der Waals surface area contributed by atoms with E-state index in [9.17, 15) is 0 Å². The fourth-order valence-electron chi connectivity index (χ4n) is 2.12. The topological polar surface area (TPSA) is 29.9 Å². The van der Waals surface area contributed by atoms with Gasteiger partial charge in [0.15, 0.2) is 0 Å². The summed E-state index contributed by atoms with van der Waals surface area (Å²) in [6.45, 7) is 12.0. The Balaban J connectivity index is 2.86. The van der Waals surface area contributed by atoms with E-state index in [4.69, 9.17) is 0 Å². The summed E-state index contributed by atoms with van der Waals surface area (Å²) in [5.41, 5.74) is 1.30. The van der Waals surface area contributed by atoms with Crippen LogP contribution >= 0.6 is 15.9 Å². The Morgan fingerprint density at radius 1 is 1.35 bits per heavy atom. The Kier molecular flexibility index (Phi) is 5.67. The van der Waals surface area contributed by atoms with Gasteiger partial charge < -0.3 is 5.32 Å². The summed E-state index contributed by atoms with van der Waals surface area (Å²) in [7, 11) is 0. The van der Waals surface area contributed by atoms with E-state index in [-0.39, 0.29) is 0 Å². The molecule has 0 amide bonds. The molecule has 0 aliphatic carbocycles. The van der Waals surface area contributed by atoms with Crippen molar-refractivity contribution in [3.05, 3.63) is 16.4 Å². The van der Waals surface area contributed by atoms with Crippen molar-refractivity contribution < 1.29 is 0 Å². The number of aromatic nitrogens is 2. The summed E-state index contributed by atoms with van der Waals surface area (Å²) < 4.78 is 3.24. The van der Waals surface area contributed by atoms with Gasteiger partial charge in [0.25, 0.3) is 0 Å². The fourth-order valence-corrected chi connectivity index (χ4v) is 2.78. The molecule has 2 atom stereocenters. The summed E-state index contributed by atoms with van der Waals surface area (Å²) in [6, 6.07) is 0.951. The van der Waals surface area contributed by atoms with Crippen LogP contribution in [0.25, 0.3) is 0 Å². The highest BCUT2D eigenvalue weighted by Crippen LogP contribution is 2.27. The van der Waals surface area contributed by atoms with Crippen LogP contribution in [0.1, 0.15) is 52.7 Å². The normalized spacial score (nSPS) is 15.2. The molecule has 1 heterocycles. The number of rotatable bonds is 6. The van der Waals surface area contributed by atoms with Gasteiger partial charge >= 0.3 is 0 Å². The maximum Gasteiger partial charge on any atom is 0.0635 e. The Morgan fingerprint density at radius 2 is 2.00 bits per heavy atom. The number of nitrogens with one attached hydrogen (secondary N) is 1. The molecule has 0 saturated heterocycles. The van der Waals surface area contributed by atoms with Crippen molar-refractivity contribution in [1.82, 2.24) is 15.1 Å². The number of hydrogen-bond donors (Lipinski definition) is 1. The van der Waals surface area contributed by atoms with E-state index < -0.39 is 0 Å². The lowest BCUT2D eigenvalue weighted by atomic mass is 9.99. The monoisotopic (exact) mass is 301 g/mol. The lowest BCUT2D eigenvalue weighted by molar-refractivity contribution is 0.416.